The van der Waals surface area contributed by atoms with Gasteiger partial charge in [0.2, 0.25) is 11.5 Å². The van der Waals surface area contributed by atoms with Crippen LogP contribution in [0.25, 0.3) is 10.7 Å². The number of unbranched alkanes of at least 4 members (excludes halogenated alkanes) is 2. The molecule has 0 unspecified atom stereocenters. The van der Waals surface area contributed by atoms with Gasteiger partial charge in [0, 0.05) is 23.4 Å². The van der Waals surface area contributed by atoms with Gasteiger partial charge in [-0.05, 0) is 68.2 Å². The summed E-state index contributed by atoms with van der Waals surface area (Å²) >= 11 is 2.21. The molecule has 4 amide bonds. The van der Waals surface area contributed by atoms with E-state index >= 15 is 0 Å². The number of nitrogens with one attached hydrogen (secondary N) is 4. The molecule has 4 heterocycles. The van der Waals surface area contributed by atoms with Gasteiger partial charge in [-0.1, -0.05) is 31.8 Å². The Morgan fingerprint density at radius 3 is 2.14 bits per heavy atom. The Bertz CT molecular complexity index is 2000. The van der Waals surface area contributed by atoms with Crippen LogP contribution in [-0.2, 0) is 28.7 Å². The van der Waals surface area contributed by atoms with Crippen LogP contribution < -0.4 is 30.7 Å². The van der Waals surface area contributed by atoms with E-state index in [1.807, 2.05) is 0 Å². The van der Waals surface area contributed by atoms with Crippen LogP contribution in [0.4, 0.5) is 9.93 Å². The maximum absolute atomic E-state index is 13.8. The lowest BCUT2D eigenvalue weighted by Crippen LogP contribution is -2.72. The molecule has 4 N–H and O–H groups in total. The van der Waals surface area contributed by atoms with Crippen LogP contribution in [0.1, 0.15) is 111 Å². The van der Waals surface area contributed by atoms with Gasteiger partial charge in [-0.15, -0.1) is 22.7 Å². The Hall–Kier alpha value is -5.37. The fourth-order valence-corrected chi connectivity index (χ4v) is 6.27. The van der Waals surface area contributed by atoms with Gasteiger partial charge in [0.25, 0.3) is 11.8 Å². The number of hydrogen-bond donors (Lipinski definition) is 4. The van der Waals surface area contributed by atoms with Crippen LogP contribution in [0, 0.1) is 0 Å². The summed E-state index contributed by atoms with van der Waals surface area (Å²) in [5.41, 5.74) is -3.04. The molecule has 0 aliphatic carbocycles. The molecule has 1 fully saturated rings. The third kappa shape index (κ3) is 13.9. The second kappa shape index (κ2) is 20.1. The number of esters is 1. The number of oxime groups is 1. The minimum atomic E-state index is -1.64. The van der Waals surface area contributed by atoms with E-state index in [1.165, 1.54) is 30.6 Å². The van der Waals surface area contributed by atoms with Gasteiger partial charge in [-0.2, -0.15) is 0 Å². The topological polar surface area (TPSA) is 231 Å². The zero-order valence-corrected chi connectivity index (χ0v) is 36.7. The summed E-state index contributed by atoms with van der Waals surface area (Å²) in [4.78, 5) is 83.8. The van der Waals surface area contributed by atoms with Gasteiger partial charge in [0.05, 0.1) is 25.5 Å². The second-order valence-corrected chi connectivity index (χ2v) is 17.7. The van der Waals surface area contributed by atoms with E-state index in [0.717, 1.165) is 37.0 Å². The summed E-state index contributed by atoms with van der Waals surface area (Å²) in [5, 5.41) is 18.1. The van der Waals surface area contributed by atoms with Crippen LogP contribution in [0.2, 0.25) is 0 Å². The van der Waals surface area contributed by atoms with Crippen molar-refractivity contribution in [2.75, 3.05) is 25.1 Å². The first-order chi connectivity index (χ1) is 27.7. The Morgan fingerprint density at radius 2 is 1.51 bits per heavy atom. The van der Waals surface area contributed by atoms with Crippen molar-refractivity contribution in [3.63, 3.8) is 0 Å². The predicted octanol–water partition coefficient (Wildman–Crippen LogP) is 5.62. The molecule has 4 rings (SSSR count). The highest BCUT2D eigenvalue weighted by molar-refractivity contribution is 7.14. The third-order valence-electron chi connectivity index (χ3n) is 7.91. The molecule has 59 heavy (non-hydrogen) atoms. The Balaban J connectivity index is 1.45. The summed E-state index contributed by atoms with van der Waals surface area (Å²) in [6.45, 7) is 18.2. The number of ether oxygens (including phenoxy) is 4. The molecule has 1 saturated heterocycles. The van der Waals surface area contributed by atoms with E-state index in [4.69, 9.17) is 23.8 Å². The van der Waals surface area contributed by atoms with Crippen molar-refractivity contribution < 1.29 is 47.8 Å². The minimum Gasteiger partial charge on any atom is -0.490 e. The lowest BCUT2D eigenvalue weighted by molar-refractivity contribution is -0.179. The molecule has 0 radical (unpaired) electrons. The van der Waals surface area contributed by atoms with E-state index in [2.05, 4.69) is 55.2 Å². The number of amides is 4. The average molecular weight is 859 g/mol. The Morgan fingerprint density at radius 1 is 0.864 bits per heavy atom. The van der Waals surface area contributed by atoms with E-state index < -0.39 is 64.4 Å². The quantitative estimate of drug-likeness (QED) is 0.0378. The van der Waals surface area contributed by atoms with Crippen molar-refractivity contribution in [3.05, 3.63) is 34.4 Å². The van der Waals surface area contributed by atoms with Crippen molar-refractivity contribution in [3.8, 4) is 22.2 Å². The standard InChI is InChI=1S/C39H54N8O10S2/c1-11-13-15-53-26-17-22(40-19-27(26)54-16-14-12-2)33-43-25(21-58-33)30(48)41-18-23-28(31(49)42-23)45-32(50)29(47-57-39(9,10)34(51)55-37(3,4)5)24-20-59-35(44-24)46-36(52)56-38(6,7)8/h17,19-21,23,28H,11-16,18H2,1-10H3,(H,41,48)(H,42,49)(H,45,50)(H,44,46,52)/b47-29-/t23-,28+/m1/s1. The molecule has 0 bridgehead atoms. The van der Waals surface area contributed by atoms with E-state index in [-0.39, 0.29) is 23.1 Å². The molecular formula is C39H54N8O10S2. The Labute approximate surface area is 351 Å². The number of aromatic nitrogens is 3. The number of hydrogen-bond acceptors (Lipinski definition) is 16. The van der Waals surface area contributed by atoms with Crippen LogP contribution >= 0.6 is 22.7 Å². The van der Waals surface area contributed by atoms with Gasteiger partial charge in [-0.3, -0.25) is 19.7 Å². The monoisotopic (exact) mass is 858 g/mol. The molecular weight excluding hydrogens is 805 g/mol. The molecule has 0 spiro atoms. The number of anilines is 1. The number of carbonyl (C=O) groups is 5. The minimum absolute atomic E-state index is 0.0322. The third-order valence-corrected chi connectivity index (χ3v) is 9.53. The van der Waals surface area contributed by atoms with Crippen LogP contribution in [0.3, 0.4) is 0 Å². The highest BCUT2D eigenvalue weighted by atomic mass is 32.1. The highest BCUT2D eigenvalue weighted by Gasteiger charge is 2.42. The van der Waals surface area contributed by atoms with Crippen LogP contribution in [0.5, 0.6) is 11.5 Å². The zero-order chi connectivity index (χ0) is 43.5. The molecule has 0 saturated carbocycles. The Kier molecular flexibility index (Phi) is 15.7. The van der Waals surface area contributed by atoms with Crippen molar-refractivity contribution in [1.29, 1.82) is 0 Å². The number of β-lactam (4-membered cyclic amide) rings is 1. The molecule has 1 aliphatic heterocycles. The number of rotatable bonds is 19. The lowest BCUT2D eigenvalue weighted by atomic mass is 9.98. The van der Waals surface area contributed by atoms with Crippen LogP contribution in [-0.4, -0.2) is 99.1 Å². The number of nitrogens with zero attached hydrogens (tertiary/aromatic N) is 4. The van der Waals surface area contributed by atoms with Gasteiger partial charge < -0.3 is 39.7 Å². The lowest BCUT2D eigenvalue weighted by Gasteiger charge is -2.37. The first kappa shape index (κ1) is 46.3. The first-order valence-electron chi connectivity index (χ1n) is 19.3. The van der Waals surface area contributed by atoms with E-state index in [9.17, 15) is 24.0 Å². The van der Waals surface area contributed by atoms with Gasteiger partial charge in [0.15, 0.2) is 22.3 Å². The van der Waals surface area contributed by atoms with Gasteiger partial charge in [-0.25, -0.2) is 24.5 Å². The predicted molar refractivity (Wildman–Crippen MR) is 222 cm³/mol. The summed E-state index contributed by atoms with van der Waals surface area (Å²) in [5.74, 6) is -1.56. The SMILES string of the molecule is CCCCOc1cnc(-c2nc(C(=O)NC[C@H]3NC(=O)[C@H]3NC(=O)/C(=N\OC(C)(C)C(=O)OC(C)(C)C)c3csc(NC(=O)OC(C)(C)C)n3)cs2)cc1OCCCC. The van der Waals surface area contributed by atoms with Crippen molar-refractivity contribution in [1.82, 2.24) is 30.9 Å². The van der Waals surface area contributed by atoms with Crippen molar-refractivity contribution >= 4 is 63.3 Å². The summed E-state index contributed by atoms with van der Waals surface area (Å²) in [6, 6.07) is -0.0533. The average Bonchev–Trinajstić information content (AvgIpc) is 3.82. The number of thiazole rings is 2. The van der Waals surface area contributed by atoms with Crippen LogP contribution in [0.15, 0.2) is 28.2 Å². The molecule has 3 aromatic heterocycles. The van der Waals surface area contributed by atoms with Crippen molar-refractivity contribution in [2.24, 2.45) is 5.16 Å². The zero-order valence-electron chi connectivity index (χ0n) is 35.1. The molecule has 322 valence electrons. The number of pyridine rings is 1. The maximum atomic E-state index is 13.8. The summed E-state index contributed by atoms with van der Waals surface area (Å²) < 4.78 is 22.6. The smallest absolute Gasteiger partial charge is 0.413 e. The summed E-state index contributed by atoms with van der Waals surface area (Å²) in [6.07, 6.45) is 4.55. The molecule has 2 atom stereocenters. The fourth-order valence-electron chi connectivity index (χ4n) is 4.82. The largest absolute Gasteiger partial charge is 0.490 e. The molecule has 3 aromatic rings. The normalized spacial score (nSPS) is 15.6. The van der Waals surface area contributed by atoms with E-state index in [1.54, 1.807) is 59.2 Å². The molecule has 0 aromatic carbocycles. The molecule has 1 aliphatic rings. The maximum Gasteiger partial charge on any atom is 0.413 e. The fraction of sp³-hybridized carbons (Fsp3) is 0.564. The first-order valence-corrected chi connectivity index (χ1v) is 21.0. The second-order valence-electron chi connectivity index (χ2n) is 15.9. The van der Waals surface area contributed by atoms with Crippen molar-refractivity contribution in [2.45, 2.75) is 124 Å². The van der Waals surface area contributed by atoms with Gasteiger partial charge >= 0.3 is 12.1 Å². The van der Waals surface area contributed by atoms with E-state index in [0.29, 0.717) is 35.4 Å². The molecule has 18 nitrogen and oxygen atoms in total. The van der Waals surface area contributed by atoms with Gasteiger partial charge in [0.1, 0.15) is 39.3 Å². The number of carbonyl (C=O) groups excluding carboxylic acids is 5. The summed E-state index contributed by atoms with van der Waals surface area (Å²) in [7, 11) is 0. The highest BCUT2D eigenvalue weighted by Crippen LogP contribution is 2.33. The molecule has 20 heteroatoms.